The Bertz CT molecular complexity index is 2360. The lowest BCUT2D eigenvalue weighted by atomic mass is 9.34. The molecular weight excluding hydrogens is 497 g/mol. The zero-order chi connectivity index (χ0) is 26.7. The molecule has 0 radical (unpaired) electrons. The van der Waals surface area contributed by atoms with Crippen LogP contribution in [0, 0.1) is 0 Å². The molecule has 0 aliphatic carbocycles. The van der Waals surface area contributed by atoms with Crippen LogP contribution in [-0.4, -0.2) is 20.8 Å². The summed E-state index contributed by atoms with van der Waals surface area (Å²) in [5, 5.41) is 2.59. The standard InChI is InChI=1S/C37H22BN3/c1-3-9-23(10-4-1)25-17-18-32-27(19-25)28-20-26(24-11-5-2-6-12-24)21-30-36(28)41(32)34-16-8-15-33-35(34)38(30)29-13-7-14-31-37(29)40(33)22-39-31/h1-22H. The van der Waals surface area contributed by atoms with Gasteiger partial charge in [0.2, 0.25) is 0 Å². The van der Waals surface area contributed by atoms with Gasteiger partial charge in [0.25, 0.3) is 6.71 Å². The first-order valence-corrected chi connectivity index (χ1v) is 14.2. The van der Waals surface area contributed by atoms with Crippen LogP contribution in [0.4, 0.5) is 0 Å². The average Bonchev–Trinajstić information content (AvgIpc) is 3.62. The average molecular weight is 519 g/mol. The lowest BCUT2D eigenvalue weighted by molar-refractivity contribution is 1.08. The zero-order valence-corrected chi connectivity index (χ0v) is 22.1. The molecule has 0 unspecified atom stereocenters. The molecule has 0 saturated heterocycles. The Kier molecular flexibility index (Phi) is 4.00. The van der Waals surface area contributed by atoms with Gasteiger partial charge in [0, 0.05) is 27.7 Å². The molecule has 41 heavy (non-hydrogen) atoms. The molecule has 8 aromatic rings. The van der Waals surface area contributed by atoms with E-state index in [1.165, 1.54) is 77.3 Å². The van der Waals surface area contributed by atoms with Crippen LogP contribution in [0.25, 0.3) is 66.5 Å². The molecule has 4 heterocycles. The molecule has 0 spiro atoms. The monoisotopic (exact) mass is 519 g/mol. The summed E-state index contributed by atoms with van der Waals surface area (Å²) < 4.78 is 4.81. The third kappa shape index (κ3) is 2.72. The van der Waals surface area contributed by atoms with Crippen LogP contribution in [0.15, 0.2) is 134 Å². The van der Waals surface area contributed by atoms with Crippen LogP contribution in [0.5, 0.6) is 0 Å². The van der Waals surface area contributed by atoms with E-state index in [1.807, 2.05) is 6.33 Å². The first-order chi connectivity index (χ1) is 20.3. The summed E-state index contributed by atoms with van der Waals surface area (Å²) >= 11 is 0. The molecule has 188 valence electrons. The summed E-state index contributed by atoms with van der Waals surface area (Å²) in [7, 11) is 0. The maximum absolute atomic E-state index is 4.80. The quantitative estimate of drug-likeness (QED) is 0.236. The number of rotatable bonds is 2. The van der Waals surface area contributed by atoms with Crippen molar-refractivity contribution in [3.05, 3.63) is 134 Å². The molecule has 0 atom stereocenters. The maximum Gasteiger partial charge on any atom is 0.252 e. The van der Waals surface area contributed by atoms with E-state index >= 15 is 0 Å². The van der Waals surface area contributed by atoms with E-state index in [0.29, 0.717) is 0 Å². The van der Waals surface area contributed by atoms with E-state index in [2.05, 4.69) is 137 Å². The molecule has 0 fully saturated rings. The molecule has 2 aliphatic heterocycles. The smallest absolute Gasteiger partial charge is 0.252 e. The van der Waals surface area contributed by atoms with Crippen molar-refractivity contribution in [3.63, 3.8) is 0 Å². The first-order valence-electron chi connectivity index (χ1n) is 14.2. The zero-order valence-electron chi connectivity index (χ0n) is 22.1. The van der Waals surface area contributed by atoms with Crippen molar-refractivity contribution in [2.45, 2.75) is 0 Å². The van der Waals surface area contributed by atoms with Gasteiger partial charge in [-0.3, -0.25) is 4.57 Å². The highest BCUT2D eigenvalue weighted by atomic mass is 15.1. The Morgan fingerprint density at radius 3 is 2.07 bits per heavy atom. The van der Waals surface area contributed by atoms with E-state index < -0.39 is 0 Å². The van der Waals surface area contributed by atoms with Gasteiger partial charge in [0.15, 0.2) is 0 Å². The van der Waals surface area contributed by atoms with Gasteiger partial charge in [0.05, 0.1) is 16.6 Å². The third-order valence-corrected chi connectivity index (χ3v) is 9.18. The molecule has 2 aromatic heterocycles. The highest BCUT2D eigenvalue weighted by Gasteiger charge is 2.40. The van der Waals surface area contributed by atoms with Gasteiger partial charge in [-0.05, 0) is 75.0 Å². The van der Waals surface area contributed by atoms with Crippen LogP contribution in [0.1, 0.15) is 0 Å². The van der Waals surface area contributed by atoms with Gasteiger partial charge in [-0.2, -0.15) is 0 Å². The minimum Gasteiger partial charge on any atom is -0.310 e. The SMILES string of the molecule is c1ccc(-c2ccc3c(c2)c2cc(-c4ccccc4)cc4c2n3-c2cccc3c2B4c2cccc4ncn-3c24)cc1. The summed E-state index contributed by atoms with van der Waals surface area (Å²) in [6, 6.07) is 46.7. The molecule has 4 heteroatoms. The van der Waals surface area contributed by atoms with E-state index in [1.54, 1.807) is 0 Å². The minimum atomic E-state index is 0.130. The normalized spacial score (nSPS) is 12.8. The van der Waals surface area contributed by atoms with Gasteiger partial charge in [-0.1, -0.05) is 91.0 Å². The number of imidazole rings is 1. The second kappa shape index (κ2) is 7.64. The number of fused-ring (bicyclic) bond motifs is 7. The maximum atomic E-state index is 4.80. The lowest BCUT2D eigenvalue weighted by Crippen LogP contribution is -2.59. The summed E-state index contributed by atoms with van der Waals surface area (Å²) in [5.41, 5.74) is 16.3. The topological polar surface area (TPSA) is 22.8 Å². The number of nitrogens with zero attached hydrogens (tertiary/aromatic N) is 3. The van der Waals surface area contributed by atoms with Crippen molar-refractivity contribution in [2.75, 3.05) is 0 Å². The van der Waals surface area contributed by atoms with Gasteiger partial charge < -0.3 is 4.57 Å². The van der Waals surface area contributed by atoms with Crippen LogP contribution >= 0.6 is 0 Å². The van der Waals surface area contributed by atoms with Crippen LogP contribution < -0.4 is 16.4 Å². The van der Waals surface area contributed by atoms with Crippen LogP contribution in [0.2, 0.25) is 0 Å². The second-order valence-corrected chi connectivity index (χ2v) is 11.2. The number of aromatic nitrogens is 3. The van der Waals surface area contributed by atoms with Crippen molar-refractivity contribution < 1.29 is 0 Å². The number of hydrogen-bond donors (Lipinski definition) is 0. The molecule has 0 amide bonds. The molecule has 2 aliphatic rings. The molecule has 10 rings (SSSR count). The predicted molar refractivity (Wildman–Crippen MR) is 171 cm³/mol. The Labute approximate surface area is 237 Å². The van der Waals surface area contributed by atoms with Crippen molar-refractivity contribution in [1.82, 2.24) is 14.1 Å². The van der Waals surface area contributed by atoms with Crippen LogP contribution in [0.3, 0.4) is 0 Å². The fraction of sp³-hybridized carbons (Fsp3) is 0. The highest BCUT2D eigenvalue weighted by molar-refractivity contribution is 7.00. The molecule has 3 nitrogen and oxygen atoms in total. The minimum absolute atomic E-state index is 0.130. The molecule has 0 N–H and O–H groups in total. The lowest BCUT2D eigenvalue weighted by Gasteiger charge is -2.33. The fourth-order valence-corrected chi connectivity index (χ4v) is 7.49. The Morgan fingerprint density at radius 1 is 0.512 bits per heavy atom. The van der Waals surface area contributed by atoms with Gasteiger partial charge in [-0.15, -0.1) is 0 Å². The van der Waals surface area contributed by atoms with Crippen molar-refractivity contribution in [2.24, 2.45) is 0 Å². The van der Waals surface area contributed by atoms with Crippen molar-refractivity contribution in [3.8, 4) is 33.6 Å². The fourth-order valence-electron chi connectivity index (χ4n) is 7.49. The summed E-state index contributed by atoms with van der Waals surface area (Å²) in [5.74, 6) is 0. The Hall–Kier alpha value is -5.35. The third-order valence-electron chi connectivity index (χ3n) is 9.18. The van der Waals surface area contributed by atoms with Gasteiger partial charge >= 0.3 is 0 Å². The Morgan fingerprint density at radius 2 is 1.24 bits per heavy atom. The summed E-state index contributed by atoms with van der Waals surface area (Å²) in [6.07, 6.45) is 1.99. The number of hydrogen-bond acceptors (Lipinski definition) is 1. The second-order valence-electron chi connectivity index (χ2n) is 11.2. The summed E-state index contributed by atoms with van der Waals surface area (Å²) in [4.78, 5) is 4.80. The molecule has 0 bridgehead atoms. The number of benzene rings is 6. The van der Waals surface area contributed by atoms with E-state index in [-0.39, 0.29) is 6.71 Å². The molecule has 6 aromatic carbocycles. The van der Waals surface area contributed by atoms with Gasteiger partial charge in [0.1, 0.15) is 6.33 Å². The van der Waals surface area contributed by atoms with E-state index in [0.717, 1.165) is 5.52 Å². The van der Waals surface area contributed by atoms with E-state index in [9.17, 15) is 0 Å². The highest BCUT2D eigenvalue weighted by Crippen LogP contribution is 2.39. The Balaban J connectivity index is 1.40. The van der Waals surface area contributed by atoms with Crippen molar-refractivity contribution in [1.29, 1.82) is 0 Å². The predicted octanol–water partition coefficient (Wildman–Crippen LogP) is 6.60. The molecule has 0 saturated carbocycles. The van der Waals surface area contributed by atoms with Crippen molar-refractivity contribution >= 4 is 55.9 Å². The first kappa shape index (κ1) is 21.5. The van der Waals surface area contributed by atoms with E-state index in [4.69, 9.17) is 4.98 Å². The summed E-state index contributed by atoms with van der Waals surface area (Å²) in [6.45, 7) is 0.130. The van der Waals surface area contributed by atoms with Gasteiger partial charge in [-0.25, -0.2) is 4.98 Å². The molecular formula is C37H22BN3. The number of para-hydroxylation sites is 1. The largest absolute Gasteiger partial charge is 0.310 e. The van der Waals surface area contributed by atoms with Crippen LogP contribution in [-0.2, 0) is 0 Å².